The summed E-state index contributed by atoms with van der Waals surface area (Å²) in [4.78, 5) is 15.6. The normalized spacial score (nSPS) is 19.0. The van der Waals surface area contributed by atoms with Gasteiger partial charge in [-0.15, -0.1) is 11.3 Å². The Hall–Kier alpha value is -1.62. The van der Waals surface area contributed by atoms with Crippen LogP contribution in [-0.4, -0.2) is 27.1 Å². The van der Waals surface area contributed by atoms with E-state index in [1.807, 2.05) is 41.9 Å². The Morgan fingerprint density at radius 2 is 2.47 bits per heavy atom. The molecule has 0 aliphatic carbocycles. The molecule has 2 aromatic heterocycles. The third kappa shape index (κ3) is 2.56. The summed E-state index contributed by atoms with van der Waals surface area (Å²) < 4.78 is 1.80. The third-order valence-corrected chi connectivity index (χ3v) is 4.46. The highest BCUT2D eigenvalue weighted by molar-refractivity contribution is 7.10. The van der Waals surface area contributed by atoms with E-state index >= 15 is 0 Å². The molecule has 0 spiro atoms. The summed E-state index contributed by atoms with van der Waals surface area (Å²) in [6, 6.07) is 4.23. The van der Waals surface area contributed by atoms with E-state index in [0.717, 1.165) is 29.8 Å². The van der Waals surface area contributed by atoms with Crippen LogP contribution in [0.25, 0.3) is 0 Å². The van der Waals surface area contributed by atoms with Gasteiger partial charge in [0.2, 0.25) is 5.91 Å². The molecule has 2 aromatic rings. The van der Waals surface area contributed by atoms with Crippen molar-refractivity contribution in [3.63, 3.8) is 0 Å². The lowest BCUT2D eigenvalue weighted by atomic mass is 10.1. The number of aryl methyl sites for hydroxylation is 1. The molecule has 1 aliphatic heterocycles. The molecule has 4 nitrogen and oxygen atoms in total. The molecule has 3 heterocycles. The van der Waals surface area contributed by atoms with Crippen LogP contribution in [0.4, 0.5) is 0 Å². The van der Waals surface area contributed by atoms with Gasteiger partial charge in [0.15, 0.2) is 0 Å². The lowest BCUT2D eigenvalue weighted by Crippen LogP contribution is -2.31. The van der Waals surface area contributed by atoms with Crippen molar-refractivity contribution in [3.05, 3.63) is 40.3 Å². The van der Waals surface area contributed by atoms with Crippen LogP contribution in [0.1, 0.15) is 29.3 Å². The molecule has 1 amide bonds. The largest absolute Gasteiger partial charge is 0.335 e. The Balaban J connectivity index is 1.74. The van der Waals surface area contributed by atoms with Crippen molar-refractivity contribution in [1.29, 1.82) is 0 Å². The van der Waals surface area contributed by atoms with E-state index in [1.54, 1.807) is 16.0 Å². The Morgan fingerprint density at radius 1 is 1.58 bits per heavy atom. The average Bonchev–Trinajstić information content (AvgIpc) is 3.07. The molecule has 5 heteroatoms. The molecule has 0 N–H and O–H groups in total. The molecule has 3 rings (SSSR count). The second-order valence-corrected chi connectivity index (χ2v) is 5.98. The molecule has 1 atom stereocenters. The number of rotatable bonds is 3. The van der Waals surface area contributed by atoms with Gasteiger partial charge in [0.25, 0.3) is 0 Å². The van der Waals surface area contributed by atoms with Crippen LogP contribution in [0.2, 0.25) is 0 Å². The van der Waals surface area contributed by atoms with Crippen LogP contribution in [0.3, 0.4) is 0 Å². The van der Waals surface area contributed by atoms with Crippen molar-refractivity contribution in [3.8, 4) is 0 Å². The van der Waals surface area contributed by atoms with Crippen molar-refractivity contribution >= 4 is 17.2 Å². The summed E-state index contributed by atoms with van der Waals surface area (Å²) in [6.07, 6.45) is 6.54. The number of nitrogens with zero attached hydrogens (tertiary/aromatic N) is 3. The SMILES string of the molecule is Cn1cc([C@H]2CCCN2C(=O)Cc2cccs2)cn1. The molecule has 0 aromatic carbocycles. The highest BCUT2D eigenvalue weighted by Crippen LogP contribution is 2.32. The van der Waals surface area contributed by atoms with Gasteiger partial charge in [0.05, 0.1) is 18.7 Å². The van der Waals surface area contributed by atoms with Crippen LogP contribution < -0.4 is 0 Å². The maximum Gasteiger partial charge on any atom is 0.228 e. The summed E-state index contributed by atoms with van der Waals surface area (Å²) in [7, 11) is 1.91. The van der Waals surface area contributed by atoms with Gasteiger partial charge in [0.1, 0.15) is 0 Å². The predicted molar refractivity (Wildman–Crippen MR) is 74.9 cm³/mol. The number of thiophene rings is 1. The fourth-order valence-corrected chi connectivity index (χ4v) is 3.38. The van der Waals surface area contributed by atoms with Crippen LogP contribution in [-0.2, 0) is 18.3 Å². The maximum absolute atomic E-state index is 12.4. The first-order chi connectivity index (χ1) is 9.24. The topological polar surface area (TPSA) is 38.1 Å². The Morgan fingerprint density at radius 3 is 3.16 bits per heavy atom. The van der Waals surface area contributed by atoms with Crippen molar-refractivity contribution in [2.75, 3.05) is 6.54 Å². The molecule has 19 heavy (non-hydrogen) atoms. The van der Waals surface area contributed by atoms with Gasteiger partial charge in [-0.05, 0) is 24.3 Å². The maximum atomic E-state index is 12.4. The van der Waals surface area contributed by atoms with Crippen LogP contribution in [0.5, 0.6) is 0 Å². The van der Waals surface area contributed by atoms with E-state index in [2.05, 4.69) is 5.10 Å². The molecule has 0 bridgehead atoms. The quantitative estimate of drug-likeness (QED) is 0.862. The lowest BCUT2D eigenvalue weighted by Gasteiger charge is -2.23. The van der Waals surface area contributed by atoms with Crippen LogP contribution in [0.15, 0.2) is 29.9 Å². The van der Waals surface area contributed by atoms with E-state index in [4.69, 9.17) is 0 Å². The zero-order chi connectivity index (χ0) is 13.2. The van der Waals surface area contributed by atoms with Crippen molar-refractivity contribution < 1.29 is 4.79 Å². The fraction of sp³-hybridized carbons (Fsp3) is 0.429. The zero-order valence-corrected chi connectivity index (χ0v) is 11.8. The number of amides is 1. The summed E-state index contributed by atoms with van der Waals surface area (Å²) in [6.45, 7) is 0.865. The number of hydrogen-bond donors (Lipinski definition) is 0. The van der Waals surface area contributed by atoms with Gasteiger partial charge < -0.3 is 4.90 Å². The molecule has 100 valence electrons. The highest BCUT2D eigenvalue weighted by Gasteiger charge is 2.30. The highest BCUT2D eigenvalue weighted by atomic mass is 32.1. The molecular weight excluding hydrogens is 258 g/mol. The van der Waals surface area contributed by atoms with Gasteiger partial charge in [-0.3, -0.25) is 9.48 Å². The molecule has 0 unspecified atom stereocenters. The fourth-order valence-electron chi connectivity index (χ4n) is 2.69. The average molecular weight is 275 g/mol. The number of likely N-dealkylation sites (tertiary alicyclic amines) is 1. The molecule has 1 saturated heterocycles. The zero-order valence-electron chi connectivity index (χ0n) is 11.0. The van der Waals surface area contributed by atoms with Gasteiger partial charge in [-0.25, -0.2) is 0 Å². The summed E-state index contributed by atoms with van der Waals surface area (Å²) >= 11 is 1.65. The predicted octanol–water partition coefficient (Wildman–Crippen LogP) is 2.39. The minimum atomic E-state index is 0.209. The Kier molecular flexibility index (Phi) is 3.38. The number of carbonyl (C=O) groups excluding carboxylic acids is 1. The minimum absolute atomic E-state index is 0.209. The summed E-state index contributed by atoms with van der Waals surface area (Å²) in [5.41, 5.74) is 1.15. The first-order valence-corrected chi connectivity index (χ1v) is 7.42. The minimum Gasteiger partial charge on any atom is -0.335 e. The monoisotopic (exact) mass is 275 g/mol. The van der Waals surface area contributed by atoms with Gasteiger partial charge in [-0.2, -0.15) is 5.10 Å². The second-order valence-electron chi connectivity index (χ2n) is 4.95. The lowest BCUT2D eigenvalue weighted by molar-refractivity contribution is -0.131. The molecule has 1 aliphatic rings. The number of carbonyl (C=O) groups is 1. The summed E-state index contributed by atoms with van der Waals surface area (Å²) in [5, 5.41) is 6.23. The molecular formula is C14H17N3OS. The molecule has 0 radical (unpaired) electrons. The van der Waals surface area contributed by atoms with E-state index in [0.29, 0.717) is 6.42 Å². The number of hydrogen-bond acceptors (Lipinski definition) is 3. The van der Waals surface area contributed by atoms with Crippen molar-refractivity contribution in [1.82, 2.24) is 14.7 Å². The smallest absolute Gasteiger partial charge is 0.228 e. The Bertz CT molecular complexity index is 561. The van der Waals surface area contributed by atoms with Gasteiger partial charge in [0, 0.05) is 30.2 Å². The van der Waals surface area contributed by atoms with Crippen LogP contribution in [0, 0.1) is 0 Å². The first kappa shape index (κ1) is 12.4. The van der Waals surface area contributed by atoms with E-state index < -0.39 is 0 Å². The van der Waals surface area contributed by atoms with E-state index in [1.165, 1.54) is 0 Å². The standard InChI is InChI=1S/C14H17N3OS/c1-16-10-11(9-15-16)13-5-2-6-17(13)14(18)8-12-4-3-7-19-12/h3-4,7,9-10,13H,2,5-6,8H2,1H3/t13-/m1/s1. The molecule has 1 fully saturated rings. The van der Waals surface area contributed by atoms with Crippen LogP contribution >= 0.6 is 11.3 Å². The van der Waals surface area contributed by atoms with E-state index in [9.17, 15) is 4.79 Å². The summed E-state index contributed by atoms with van der Waals surface area (Å²) in [5.74, 6) is 0.230. The van der Waals surface area contributed by atoms with E-state index in [-0.39, 0.29) is 11.9 Å². The van der Waals surface area contributed by atoms with Gasteiger partial charge >= 0.3 is 0 Å². The van der Waals surface area contributed by atoms with Gasteiger partial charge in [-0.1, -0.05) is 6.07 Å². The second kappa shape index (κ2) is 5.17. The number of aromatic nitrogens is 2. The Labute approximate surface area is 116 Å². The molecule has 0 saturated carbocycles. The van der Waals surface area contributed by atoms with Crippen molar-refractivity contribution in [2.24, 2.45) is 7.05 Å². The van der Waals surface area contributed by atoms with Crippen molar-refractivity contribution in [2.45, 2.75) is 25.3 Å². The first-order valence-electron chi connectivity index (χ1n) is 6.54. The third-order valence-electron chi connectivity index (χ3n) is 3.59.